The summed E-state index contributed by atoms with van der Waals surface area (Å²) in [4.78, 5) is 0. The number of rotatable bonds is 19. The van der Waals surface area contributed by atoms with Gasteiger partial charge < -0.3 is 5.11 Å². The number of aliphatic hydroxyl groups is 1. The maximum Gasteiger partial charge on any atom is 0.0548 e. The largest absolute Gasteiger partial charge is 0.393 e. The molecule has 0 amide bonds. The van der Waals surface area contributed by atoms with Gasteiger partial charge in [0, 0.05) is 0 Å². The Morgan fingerprint density at radius 3 is 1.44 bits per heavy atom. The van der Waals surface area contributed by atoms with Crippen LogP contribution in [0.4, 0.5) is 0 Å². The molecule has 1 N–H and O–H groups in total. The lowest BCUT2D eigenvalue weighted by Crippen LogP contribution is -2.40. The molecular formula is C40H78O. The minimum absolute atomic E-state index is 0.0787. The van der Waals surface area contributed by atoms with E-state index in [0.29, 0.717) is 16.7 Å². The summed E-state index contributed by atoms with van der Waals surface area (Å²) in [6.45, 7) is 24.8. The predicted molar refractivity (Wildman–Crippen MR) is 183 cm³/mol. The second-order valence-corrected chi connectivity index (χ2v) is 17.9. The maximum absolute atomic E-state index is 10.2. The summed E-state index contributed by atoms with van der Waals surface area (Å²) in [5.74, 6) is 6.89. The third kappa shape index (κ3) is 13.6. The van der Waals surface area contributed by atoms with Crippen molar-refractivity contribution in [1.82, 2.24) is 0 Å². The van der Waals surface area contributed by atoms with Crippen molar-refractivity contribution in [3.8, 4) is 0 Å². The van der Waals surface area contributed by atoms with Crippen molar-refractivity contribution in [3.63, 3.8) is 0 Å². The van der Waals surface area contributed by atoms with Crippen molar-refractivity contribution in [2.75, 3.05) is 0 Å². The SMILES string of the molecule is CC(CCCCC(C)CCCC(C)CCC1[C@@H](C)CCCC1(C)C)CCCC(C)CCC1C(C)C[C@@H](O)CC1(C)C. The van der Waals surface area contributed by atoms with Crippen LogP contribution in [0.2, 0.25) is 0 Å². The molecule has 0 heterocycles. The van der Waals surface area contributed by atoms with Gasteiger partial charge in [-0.15, -0.1) is 0 Å². The topological polar surface area (TPSA) is 20.2 Å². The van der Waals surface area contributed by atoms with Crippen molar-refractivity contribution in [2.24, 2.45) is 58.2 Å². The van der Waals surface area contributed by atoms with Gasteiger partial charge in [0.05, 0.1) is 6.10 Å². The summed E-state index contributed by atoms with van der Waals surface area (Å²) in [5.41, 5.74) is 0.866. The molecular weight excluding hydrogens is 496 g/mol. The molecule has 1 nitrogen and oxygen atoms in total. The molecule has 244 valence electrons. The van der Waals surface area contributed by atoms with Crippen LogP contribution >= 0.6 is 0 Å². The van der Waals surface area contributed by atoms with E-state index in [1.165, 1.54) is 109 Å². The Hall–Kier alpha value is -0.0400. The van der Waals surface area contributed by atoms with Crippen LogP contribution in [0.3, 0.4) is 0 Å². The lowest BCUT2D eigenvalue weighted by molar-refractivity contribution is -0.0174. The predicted octanol–water partition coefficient (Wildman–Crippen LogP) is 12.9. The molecule has 0 saturated heterocycles. The van der Waals surface area contributed by atoms with E-state index in [-0.39, 0.29) is 6.10 Å². The quantitative estimate of drug-likeness (QED) is 0.152. The van der Waals surface area contributed by atoms with Crippen LogP contribution in [-0.4, -0.2) is 11.2 Å². The molecule has 1 heteroatoms. The van der Waals surface area contributed by atoms with E-state index >= 15 is 0 Å². The van der Waals surface area contributed by atoms with Gasteiger partial charge in [-0.1, -0.05) is 159 Å². The van der Waals surface area contributed by atoms with Crippen LogP contribution in [0, 0.1) is 58.2 Å². The third-order valence-electron chi connectivity index (χ3n) is 12.6. The molecule has 2 saturated carbocycles. The second kappa shape index (κ2) is 18.1. The van der Waals surface area contributed by atoms with E-state index in [4.69, 9.17) is 0 Å². The Balaban J connectivity index is 1.47. The number of unbranched alkanes of at least 4 members (excludes halogenated alkanes) is 1. The van der Waals surface area contributed by atoms with Gasteiger partial charge >= 0.3 is 0 Å². The van der Waals surface area contributed by atoms with Gasteiger partial charge in [-0.2, -0.15) is 0 Å². The molecule has 2 rings (SSSR count). The van der Waals surface area contributed by atoms with Crippen LogP contribution in [0.1, 0.15) is 191 Å². The lowest BCUT2D eigenvalue weighted by Gasteiger charge is -2.45. The Kier molecular flexibility index (Phi) is 16.4. The minimum atomic E-state index is -0.0787. The van der Waals surface area contributed by atoms with Gasteiger partial charge in [-0.3, -0.25) is 0 Å². The molecule has 41 heavy (non-hydrogen) atoms. The lowest BCUT2D eigenvalue weighted by atomic mass is 9.61. The van der Waals surface area contributed by atoms with Crippen LogP contribution in [0.15, 0.2) is 0 Å². The van der Waals surface area contributed by atoms with E-state index < -0.39 is 0 Å². The van der Waals surface area contributed by atoms with Crippen LogP contribution < -0.4 is 0 Å². The summed E-state index contributed by atoms with van der Waals surface area (Å²) in [7, 11) is 0. The third-order valence-corrected chi connectivity index (χ3v) is 12.6. The van der Waals surface area contributed by atoms with Gasteiger partial charge in [-0.05, 0) is 90.3 Å². The average Bonchev–Trinajstić information content (AvgIpc) is 2.84. The Morgan fingerprint density at radius 2 is 1.00 bits per heavy atom. The van der Waals surface area contributed by atoms with E-state index in [1.54, 1.807) is 0 Å². The molecule has 7 unspecified atom stereocenters. The van der Waals surface area contributed by atoms with Gasteiger partial charge in [-0.25, -0.2) is 0 Å². The number of hydrogen-bond donors (Lipinski definition) is 1. The zero-order valence-electron chi connectivity index (χ0n) is 30.1. The molecule has 0 aromatic carbocycles. The molecule has 0 aliphatic heterocycles. The molecule has 2 aliphatic carbocycles. The first-order valence-corrected chi connectivity index (χ1v) is 18.9. The first-order valence-electron chi connectivity index (χ1n) is 18.9. The molecule has 0 aromatic heterocycles. The summed E-state index contributed by atoms with van der Waals surface area (Å²) >= 11 is 0. The fraction of sp³-hybridized carbons (Fsp3) is 1.00. The van der Waals surface area contributed by atoms with Crippen LogP contribution in [-0.2, 0) is 0 Å². The zero-order valence-corrected chi connectivity index (χ0v) is 30.1. The maximum atomic E-state index is 10.2. The van der Waals surface area contributed by atoms with Crippen molar-refractivity contribution in [2.45, 2.75) is 197 Å². The normalized spacial score (nSPS) is 31.0. The van der Waals surface area contributed by atoms with Gasteiger partial charge in [0.25, 0.3) is 0 Å². The van der Waals surface area contributed by atoms with Crippen LogP contribution in [0.5, 0.6) is 0 Å². The summed E-state index contributed by atoms with van der Waals surface area (Å²) in [6.07, 6.45) is 26.2. The van der Waals surface area contributed by atoms with Crippen LogP contribution in [0.25, 0.3) is 0 Å². The van der Waals surface area contributed by atoms with E-state index in [9.17, 15) is 5.11 Å². The van der Waals surface area contributed by atoms with Crippen molar-refractivity contribution in [1.29, 1.82) is 0 Å². The highest BCUT2D eigenvalue weighted by Gasteiger charge is 2.40. The van der Waals surface area contributed by atoms with Gasteiger partial charge in [0.1, 0.15) is 0 Å². The second-order valence-electron chi connectivity index (χ2n) is 17.9. The number of hydrogen-bond acceptors (Lipinski definition) is 1. The fourth-order valence-electron chi connectivity index (χ4n) is 9.71. The highest BCUT2D eigenvalue weighted by atomic mass is 16.3. The first kappa shape index (κ1) is 37.1. The monoisotopic (exact) mass is 575 g/mol. The molecule has 0 bridgehead atoms. The Labute approximate surface area is 260 Å². The van der Waals surface area contributed by atoms with Crippen molar-refractivity contribution in [3.05, 3.63) is 0 Å². The smallest absolute Gasteiger partial charge is 0.0548 e. The summed E-state index contributed by atoms with van der Waals surface area (Å²) in [6, 6.07) is 0. The van der Waals surface area contributed by atoms with Crippen molar-refractivity contribution < 1.29 is 5.11 Å². The molecule has 0 aromatic rings. The average molecular weight is 575 g/mol. The van der Waals surface area contributed by atoms with E-state index in [1.807, 2.05) is 0 Å². The molecule has 2 aliphatic rings. The molecule has 0 spiro atoms. The van der Waals surface area contributed by atoms with Crippen molar-refractivity contribution >= 4 is 0 Å². The summed E-state index contributed by atoms with van der Waals surface area (Å²) < 4.78 is 0. The molecule has 2 fully saturated rings. The minimum Gasteiger partial charge on any atom is -0.393 e. The highest BCUT2D eigenvalue weighted by molar-refractivity contribution is 4.90. The van der Waals surface area contributed by atoms with E-state index in [0.717, 1.165) is 54.3 Å². The fourth-order valence-corrected chi connectivity index (χ4v) is 9.71. The Morgan fingerprint density at radius 1 is 0.585 bits per heavy atom. The highest BCUT2D eigenvalue weighted by Crippen LogP contribution is 2.47. The Bertz CT molecular complexity index is 678. The first-order chi connectivity index (χ1) is 19.2. The zero-order chi connectivity index (χ0) is 30.6. The standard InChI is InChI=1S/C40H78O/c1-30(18-13-20-32(3)23-25-37-34(5)22-15-27-39(37,7)8)16-11-12-17-31(2)19-14-21-33(4)24-26-38-35(6)28-36(41)29-40(38,9)10/h30-38,41H,11-29H2,1-10H3/t30?,31?,32?,33?,34-,35?,36+,37?,38?/m0/s1. The summed E-state index contributed by atoms with van der Waals surface area (Å²) in [5, 5.41) is 10.2. The number of aliphatic hydroxyl groups excluding tert-OH is 1. The molecule has 0 radical (unpaired) electrons. The van der Waals surface area contributed by atoms with Gasteiger partial charge in [0.15, 0.2) is 0 Å². The van der Waals surface area contributed by atoms with E-state index in [2.05, 4.69) is 69.2 Å². The molecule has 9 atom stereocenters. The van der Waals surface area contributed by atoms with Gasteiger partial charge in [0.2, 0.25) is 0 Å².